The molecular formula is C23H25FN2O4S. The number of nitrogens with zero attached hydrogens (tertiary/aromatic N) is 2. The summed E-state index contributed by atoms with van der Waals surface area (Å²) in [5.74, 6) is -0.878. The summed E-state index contributed by atoms with van der Waals surface area (Å²) in [4.78, 5) is 14.8. The number of ether oxygens (including phenoxy) is 1. The molecule has 31 heavy (non-hydrogen) atoms. The Morgan fingerprint density at radius 3 is 2.52 bits per heavy atom. The maximum absolute atomic E-state index is 13.5. The van der Waals surface area contributed by atoms with E-state index in [2.05, 4.69) is 0 Å². The third-order valence-corrected chi connectivity index (χ3v) is 7.12. The quantitative estimate of drug-likeness (QED) is 0.605. The second-order valence-electron chi connectivity index (χ2n) is 8.08. The van der Waals surface area contributed by atoms with Crippen molar-refractivity contribution in [2.24, 2.45) is 0 Å². The number of sulfone groups is 1. The van der Waals surface area contributed by atoms with Gasteiger partial charge in [-0.1, -0.05) is 30.3 Å². The fraction of sp³-hybridized carbons (Fsp3) is 0.348. The zero-order valence-electron chi connectivity index (χ0n) is 17.5. The van der Waals surface area contributed by atoms with E-state index in [-0.39, 0.29) is 35.3 Å². The maximum Gasteiger partial charge on any atom is 0.242 e. The van der Waals surface area contributed by atoms with Gasteiger partial charge in [0.25, 0.3) is 0 Å². The molecule has 0 aliphatic carbocycles. The first kappa shape index (κ1) is 21.5. The number of carbonyl (C=O) groups is 1. The molecule has 1 amide bonds. The van der Waals surface area contributed by atoms with Crippen LogP contribution in [0.25, 0.3) is 10.9 Å². The van der Waals surface area contributed by atoms with Crippen LogP contribution < -0.4 is 0 Å². The number of fused-ring (bicyclic) bond motifs is 1. The molecule has 2 atom stereocenters. The Bertz CT molecular complexity index is 1210. The predicted molar refractivity (Wildman–Crippen MR) is 116 cm³/mol. The molecule has 2 heterocycles. The monoisotopic (exact) mass is 444 g/mol. The summed E-state index contributed by atoms with van der Waals surface area (Å²) in [6.45, 7) is 4.91. The van der Waals surface area contributed by atoms with Crippen molar-refractivity contribution >= 4 is 26.6 Å². The molecule has 0 saturated carbocycles. The van der Waals surface area contributed by atoms with Crippen molar-refractivity contribution in [1.82, 2.24) is 9.47 Å². The van der Waals surface area contributed by atoms with Gasteiger partial charge in [-0.05, 0) is 37.6 Å². The molecule has 1 fully saturated rings. The van der Waals surface area contributed by atoms with Crippen LogP contribution in [0.15, 0.2) is 59.6 Å². The molecule has 0 bridgehead atoms. The van der Waals surface area contributed by atoms with Crippen molar-refractivity contribution < 1.29 is 22.3 Å². The van der Waals surface area contributed by atoms with Gasteiger partial charge in [-0.25, -0.2) is 12.8 Å². The number of amides is 1. The standard InChI is InChI=1S/C23H25FN2O4S/c1-16-11-26(12-17(2)30-16)23(27)14-25-13-22(20-8-3-4-9-21(20)25)31(28,29)15-18-6-5-7-19(24)10-18/h3-10,13,16-17H,11-12,14-15H2,1-2H3. The maximum atomic E-state index is 13.5. The number of benzene rings is 2. The first-order valence-electron chi connectivity index (χ1n) is 10.2. The lowest BCUT2D eigenvalue weighted by molar-refractivity contribution is -0.143. The van der Waals surface area contributed by atoms with Crippen LogP contribution in [0.3, 0.4) is 0 Å². The van der Waals surface area contributed by atoms with Crippen molar-refractivity contribution in [1.29, 1.82) is 0 Å². The Labute approximate surface area is 181 Å². The summed E-state index contributed by atoms with van der Waals surface area (Å²) in [6, 6.07) is 12.7. The van der Waals surface area contributed by atoms with E-state index in [0.29, 0.717) is 29.6 Å². The minimum absolute atomic E-state index is 0.0371. The Morgan fingerprint density at radius 2 is 1.81 bits per heavy atom. The third-order valence-electron chi connectivity index (χ3n) is 5.41. The summed E-state index contributed by atoms with van der Waals surface area (Å²) in [5, 5.41) is 0.551. The molecule has 0 spiro atoms. The highest BCUT2D eigenvalue weighted by Gasteiger charge is 2.27. The van der Waals surface area contributed by atoms with Gasteiger partial charge in [-0.2, -0.15) is 0 Å². The molecular weight excluding hydrogens is 419 g/mol. The van der Waals surface area contributed by atoms with Gasteiger partial charge < -0.3 is 14.2 Å². The van der Waals surface area contributed by atoms with Crippen molar-refractivity contribution in [3.8, 4) is 0 Å². The van der Waals surface area contributed by atoms with Crippen LogP contribution >= 0.6 is 0 Å². The molecule has 3 aromatic rings. The SMILES string of the molecule is CC1CN(C(=O)Cn2cc(S(=O)(=O)Cc3cccc(F)c3)c3ccccc32)CC(C)O1. The lowest BCUT2D eigenvalue weighted by atomic mass is 10.2. The summed E-state index contributed by atoms with van der Waals surface area (Å²) in [5.41, 5.74) is 1.05. The van der Waals surface area contributed by atoms with E-state index in [9.17, 15) is 17.6 Å². The zero-order valence-corrected chi connectivity index (χ0v) is 18.3. The molecule has 1 aromatic heterocycles. The predicted octanol–water partition coefficient (Wildman–Crippen LogP) is 3.39. The number of aromatic nitrogens is 1. The van der Waals surface area contributed by atoms with Gasteiger partial charge in [0.15, 0.2) is 9.84 Å². The van der Waals surface area contributed by atoms with Gasteiger partial charge in [-0.15, -0.1) is 0 Å². The molecule has 2 unspecified atom stereocenters. The molecule has 1 aliphatic rings. The minimum Gasteiger partial charge on any atom is -0.372 e. The molecule has 0 radical (unpaired) electrons. The Morgan fingerprint density at radius 1 is 1.10 bits per heavy atom. The smallest absolute Gasteiger partial charge is 0.242 e. The van der Waals surface area contributed by atoms with Crippen LogP contribution in [0.2, 0.25) is 0 Å². The van der Waals surface area contributed by atoms with E-state index >= 15 is 0 Å². The summed E-state index contributed by atoms with van der Waals surface area (Å²) in [7, 11) is -3.75. The van der Waals surface area contributed by atoms with Crippen LogP contribution in [0, 0.1) is 5.82 Å². The molecule has 2 aromatic carbocycles. The highest BCUT2D eigenvalue weighted by molar-refractivity contribution is 7.90. The number of halogens is 1. The first-order chi connectivity index (χ1) is 14.7. The highest BCUT2D eigenvalue weighted by atomic mass is 32.2. The molecule has 0 N–H and O–H groups in total. The second-order valence-corrected chi connectivity index (χ2v) is 10.0. The topological polar surface area (TPSA) is 68.6 Å². The summed E-state index contributed by atoms with van der Waals surface area (Å²) < 4.78 is 47.2. The molecule has 1 aliphatic heterocycles. The van der Waals surface area contributed by atoms with Crippen LogP contribution in [0.5, 0.6) is 0 Å². The van der Waals surface area contributed by atoms with Crippen LogP contribution in [-0.4, -0.2) is 49.1 Å². The molecule has 1 saturated heterocycles. The Balaban J connectivity index is 1.65. The Kier molecular flexibility index (Phi) is 5.85. The lowest BCUT2D eigenvalue weighted by Crippen LogP contribution is -2.49. The number of hydrogen-bond acceptors (Lipinski definition) is 4. The average molecular weight is 445 g/mol. The van der Waals surface area contributed by atoms with Crippen LogP contribution in [0.4, 0.5) is 4.39 Å². The number of hydrogen-bond donors (Lipinski definition) is 0. The van der Waals surface area contributed by atoms with Crippen molar-refractivity contribution in [3.63, 3.8) is 0 Å². The largest absolute Gasteiger partial charge is 0.372 e. The normalized spacial score (nSPS) is 19.6. The fourth-order valence-corrected chi connectivity index (χ4v) is 5.71. The van der Waals surface area contributed by atoms with Crippen molar-refractivity contribution in [3.05, 3.63) is 66.1 Å². The van der Waals surface area contributed by atoms with Gasteiger partial charge >= 0.3 is 0 Å². The van der Waals surface area contributed by atoms with Gasteiger partial charge in [0, 0.05) is 30.2 Å². The van der Waals surface area contributed by atoms with E-state index in [4.69, 9.17) is 4.74 Å². The molecule has 4 rings (SSSR count). The highest BCUT2D eigenvalue weighted by Crippen LogP contribution is 2.28. The molecule has 6 nitrogen and oxygen atoms in total. The minimum atomic E-state index is -3.75. The van der Waals surface area contributed by atoms with E-state index in [1.807, 2.05) is 19.9 Å². The number of carbonyl (C=O) groups excluding carboxylic acids is 1. The average Bonchev–Trinajstić information content (AvgIpc) is 3.06. The summed E-state index contributed by atoms with van der Waals surface area (Å²) >= 11 is 0. The lowest BCUT2D eigenvalue weighted by Gasteiger charge is -2.35. The van der Waals surface area contributed by atoms with E-state index < -0.39 is 15.7 Å². The zero-order chi connectivity index (χ0) is 22.2. The van der Waals surface area contributed by atoms with Crippen molar-refractivity contribution in [2.45, 2.75) is 43.2 Å². The number of para-hydroxylation sites is 1. The van der Waals surface area contributed by atoms with Crippen molar-refractivity contribution in [2.75, 3.05) is 13.1 Å². The molecule has 8 heteroatoms. The van der Waals surface area contributed by atoms with E-state index in [0.717, 1.165) is 0 Å². The van der Waals surface area contributed by atoms with Gasteiger partial charge in [0.05, 0.1) is 22.9 Å². The summed E-state index contributed by atoms with van der Waals surface area (Å²) in [6.07, 6.45) is 1.43. The fourth-order valence-electron chi connectivity index (χ4n) is 4.14. The van der Waals surface area contributed by atoms with Crippen LogP contribution in [-0.2, 0) is 31.7 Å². The Hall–Kier alpha value is -2.71. The van der Waals surface area contributed by atoms with Crippen LogP contribution in [0.1, 0.15) is 19.4 Å². The van der Waals surface area contributed by atoms with E-state index in [1.165, 1.54) is 24.4 Å². The third kappa shape index (κ3) is 4.65. The second kappa shape index (κ2) is 8.43. The first-order valence-corrected chi connectivity index (χ1v) is 11.9. The van der Waals surface area contributed by atoms with Gasteiger partial charge in [-0.3, -0.25) is 4.79 Å². The molecule has 164 valence electrons. The van der Waals surface area contributed by atoms with Gasteiger partial charge in [0.1, 0.15) is 12.4 Å². The van der Waals surface area contributed by atoms with Gasteiger partial charge in [0.2, 0.25) is 5.91 Å². The number of rotatable bonds is 5. The van der Waals surface area contributed by atoms with E-state index in [1.54, 1.807) is 33.7 Å². The number of morpholine rings is 1.